The van der Waals surface area contributed by atoms with Crippen LogP contribution in [0.3, 0.4) is 0 Å². The van der Waals surface area contributed by atoms with Gasteiger partial charge in [0, 0.05) is 59.1 Å². The van der Waals surface area contributed by atoms with E-state index in [0.717, 1.165) is 39.1 Å². The molecule has 0 aliphatic heterocycles. The van der Waals surface area contributed by atoms with Gasteiger partial charge < -0.3 is 20.1 Å². The summed E-state index contributed by atoms with van der Waals surface area (Å²) in [7, 11) is 0. The fourth-order valence-corrected chi connectivity index (χ4v) is 3.49. The Bertz CT molecular complexity index is 1320. The van der Waals surface area contributed by atoms with Gasteiger partial charge in [0.05, 0.1) is 0 Å². The van der Waals surface area contributed by atoms with Crippen molar-refractivity contribution in [3.05, 3.63) is 88.9 Å². The lowest BCUT2D eigenvalue weighted by atomic mass is 10.1. The van der Waals surface area contributed by atoms with E-state index in [4.69, 9.17) is 5.73 Å². The van der Waals surface area contributed by atoms with Gasteiger partial charge in [-0.1, -0.05) is 12.1 Å². The summed E-state index contributed by atoms with van der Waals surface area (Å²) in [5.41, 5.74) is 12.0. The van der Waals surface area contributed by atoms with Crippen LogP contribution in [0.5, 0.6) is 0 Å². The molecule has 5 aromatic rings. The minimum absolute atomic E-state index is 0.111. The normalized spacial score (nSPS) is 11.4. The van der Waals surface area contributed by atoms with Gasteiger partial charge in [0.2, 0.25) is 0 Å². The molecule has 1 aromatic carbocycles. The summed E-state index contributed by atoms with van der Waals surface area (Å²) in [4.78, 5) is 22.7. The smallest absolute Gasteiger partial charge is 0.272 e. The summed E-state index contributed by atoms with van der Waals surface area (Å²) in [6, 6.07) is 13.6. The Labute approximate surface area is 154 Å². The zero-order valence-electron chi connectivity index (χ0n) is 14.4. The van der Waals surface area contributed by atoms with Gasteiger partial charge in [0.15, 0.2) is 0 Å². The molecule has 4 heterocycles. The van der Waals surface area contributed by atoms with Crippen molar-refractivity contribution in [2.24, 2.45) is 0 Å². The highest BCUT2D eigenvalue weighted by Gasteiger charge is 2.12. The number of H-pyrrole nitrogens is 2. The number of nitrogens with zero attached hydrogens (tertiary/aromatic N) is 2. The van der Waals surface area contributed by atoms with Crippen molar-refractivity contribution in [2.45, 2.75) is 6.42 Å². The Morgan fingerprint density at radius 3 is 2.78 bits per heavy atom. The number of fused-ring (bicyclic) bond motifs is 2. The first-order chi connectivity index (χ1) is 13.2. The van der Waals surface area contributed by atoms with E-state index in [9.17, 15) is 4.79 Å². The molecule has 0 fully saturated rings. The molecule has 4 aromatic heterocycles. The second kappa shape index (κ2) is 5.88. The van der Waals surface area contributed by atoms with Crippen LogP contribution in [0.1, 0.15) is 11.3 Å². The number of pyridine rings is 1. The molecule has 0 aliphatic rings. The molecule has 5 rings (SSSR count). The van der Waals surface area contributed by atoms with Gasteiger partial charge in [-0.25, -0.2) is 4.98 Å². The second-order valence-corrected chi connectivity index (χ2v) is 6.61. The van der Waals surface area contributed by atoms with Gasteiger partial charge in [-0.2, -0.15) is 0 Å². The van der Waals surface area contributed by atoms with E-state index < -0.39 is 0 Å². The largest absolute Gasteiger partial charge is 0.399 e. The molecular formula is C21H17N5O. The molecule has 4 N–H and O–H groups in total. The minimum Gasteiger partial charge on any atom is -0.399 e. The van der Waals surface area contributed by atoms with E-state index in [1.807, 2.05) is 59.3 Å². The highest BCUT2D eigenvalue weighted by atomic mass is 16.1. The van der Waals surface area contributed by atoms with E-state index in [-0.39, 0.29) is 5.56 Å². The lowest BCUT2D eigenvalue weighted by molar-refractivity contribution is 0.970. The van der Waals surface area contributed by atoms with Crippen LogP contribution in [0.15, 0.2) is 72.0 Å². The fraction of sp³-hybridized carbons (Fsp3) is 0.0476. The minimum atomic E-state index is -0.111. The van der Waals surface area contributed by atoms with E-state index in [1.54, 1.807) is 12.4 Å². The van der Waals surface area contributed by atoms with Crippen molar-refractivity contribution in [2.75, 3.05) is 5.73 Å². The molecule has 0 bridgehead atoms. The lowest BCUT2D eigenvalue weighted by Crippen LogP contribution is -2.11. The number of aromatic amines is 2. The van der Waals surface area contributed by atoms with E-state index >= 15 is 0 Å². The van der Waals surface area contributed by atoms with Crippen LogP contribution in [-0.4, -0.2) is 19.4 Å². The summed E-state index contributed by atoms with van der Waals surface area (Å²) in [5.74, 6) is 0. The quantitative estimate of drug-likeness (QED) is 0.433. The number of anilines is 1. The maximum absolute atomic E-state index is 12.4. The monoisotopic (exact) mass is 355 g/mol. The summed E-state index contributed by atoms with van der Waals surface area (Å²) in [5, 5.41) is 1.03. The first kappa shape index (κ1) is 15.5. The molecule has 132 valence electrons. The highest BCUT2D eigenvalue weighted by Crippen LogP contribution is 2.29. The van der Waals surface area contributed by atoms with E-state index in [1.165, 1.54) is 0 Å². The van der Waals surface area contributed by atoms with Crippen molar-refractivity contribution < 1.29 is 0 Å². The number of aromatic nitrogens is 4. The van der Waals surface area contributed by atoms with Crippen LogP contribution in [-0.2, 0) is 6.42 Å². The van der Waals surface area contributed by atoms with Gasteiger partial charge in [-0.3, -0.25) is 4.79 Å². The maximum Gasteiger partial charge on any atom is 0.272 e. The number of benzene rings is 1. The standard InChI is InChI=1S/C21H17N5O/c22-15-5-3-13(4-6-15)8-16-10-25-21(27)19-9-14(12-26(16)19)18-11-24-20-17(18)2-1-7-23-20/h1-7,9-12H,8,22H2,(H,23,24)(H,25,27). The van der Waals surface area contributed by atoms with Crippen molar-refractivity contribution in [3.63, 3.8) is 0 Å². The molecule has 0 spiro atoms. The number of hydrogen-bond acceptors (Lipinski definition) is 3. The number of hydrogen-bond donors (Lipinski definition) is 3. The molecule has 6 heteroatoms. The zero-order chi connectivity index (χ0) is 18.4. The number of nitrogen functional groups attached to an aromatic ring is 1. The van der Waals surface area contributed by atoms with Gasteiger partial charge in [0.25, 0.3) is 5.56 Å². The highest BCUT2D eigenvalue weighted by molar-refractivity contribution is 5.94. The van der Waals surface area contributed by atoms with Crippen LogP contribution < -0.4 is 11.3 Å². The topological polar surface area (TPSA) is 92.0 Å². The Kier molecular flexibility index (Phi) is 3.36. The van der Waals surface area contributed by atoms with Gasteiger partial charge in [-0.05, 0) is 35.9 Å². The Morgan fingerprint density at radius 2 is 1.93 bits per heavy atom. The molecule has 0 aliphatic carbocycles. The zero-order valence-corrected chi connectivity index (χ0v) is 14.4. The molecule has 0 saturated heterocycles. The first-order valence-electron chi connectivity index (χ1n) is 8.68. The summed E-state index contributed by atoms with van der Waals surface area (Å²) in [6.45, 7) is 0. The Hall–Kier alpha value is -3.80. The van der Waals surface area contributed by atoms with Crippen LogP contribution >= 0.6 is 0 Å². The van der Waals surface area contributed by atoms with Crippen molar-refractivity contribution in [1.82, 2.24) is 19.4 Å². The van der Waals surface area contributed by atoms with Crippen molar-refractivity contribution >= 4 is 22.2 Å². The fourth-order valence-electron chi connectivity index (χ4n) is 3.49. The molecule has 0 radical (unpaired) electrons. The average molecular weight is 355 g/mol. The van der Waals surface area contributed by atoms with Gasteiger partial charge in [-0.15, -0.1) is 0 Å². The predicted molar refractivity (Wildman–Crippen MR) is 107 cm³/mol. The van der Waals surface area contributed by atoms with Crippen molar-refractivity contribution in [3.8, 4) is 11.1 Å². The number of nitrogens with two attached hydrogens (primary N) is 1. The lowest BCUT2D eigenvalue weighted by Gasteiger charge is -2.06. The van der Waals surface area contributed by atoms with Crippen molar-refractivity contribution in [1.29, 1.82) is 0 Å². The Balaban J connectivity index is 1.65. The van der Waals surface area contributed by atoms with Crippen LogP contribution in [0.25, 0.3) is 27.7 Å². The second-order valence-electron chi connectivity index (χ2n) is 6.61. The Morgan fingerprint density at radius 1 is 1.07 bits per heavy atom. The molecule has 0 amide bonds. The third-order valence-corrected chi connectivity index (χ3v) is 4.86. The third kappa shape index (κ3) is 2.58. The number of nitrogens with one attached hydrogen (secondary N) is 2. The third-order valence-electron chi connectivity index (χ3n) is 4.86. The summed E-state index contributed by atoms with van der Waals surface area (Å²) in [6.07, 6.45) is 8.16. The molecule has 6 nitrogen and oxygen atoms in total. The van der Waals surface area contributed by atoms with E-state index in [2.05, 4.69) is 15.0 Å². The molecule has 0 unspecified atom stereocenters. The van der Waals surface area contributed by atoms with Gasteiger partial charge in [0.1, 0.15) is 11.2 Å². The van der Waals surface area contributed by atoms with Crippen LogP contribution in [0.4, 0.5) is 5.69 Å². The number of rotatable bonds is 3. The van der Waals surface area contributed by atoms with Gasteiger partial charge >= 0.3 is 0 Å². The SMILES string of the molecule is Nc1ccc(Cc2c[nH]c(=O)c3cc(-c4c[nH]c5ncccc45)cn23)cc1. The van der Waals surface area contributed by atoms with Crippen LogP contribution in [0, 0.1) is 0 Å². The molecular weight excluding hydrogens is 338 g/mol. The van der Waals surface area contributed by atoms with Crippen LogP contribution in [0.2, 0.25) is 0 Å². The first-order valence-corrected chi connectivity index (χ1v) is 8.68. The molecule has 27 heavy (non-hydrogen) atoms. The predicted octanol–water partition coefficient (Wildman–Crippen LogP) is 3.34. The average Bonchev–Trinajstić information content (AvgIpc) is 3.30. The summed E-state index contributed by atoms with van der Waals surface area (Å²) < 4.78 is 1.96. The molecule has 0 saturated carbocycles. The summed E-state index contributed by atoms with van der Waals surface area (Å²) >= 11 is 0. The maximum atomic E-state index is 12.4. The van der Waals surface area contributed by atoms with E-state index in [0.29, 0.717) is 11.9 Å². The molecule has 0 atom stereocenters.